The number of amides is 1. The van der Waals surface area contributed by atoms with Crippen LogP contribution in [-0.2, 0) is 17.9 Å². The molecule has 1 amide bonds. The van der Waals surface area contributed by atoms with E-state index in [1.165, 1.54) is 0 Å². The Balaban J connectivity index is 1.94. The van der Waals surface area contributed by atoms with Crippen LogP contribution in [0.25, 0.3) is 10.9 Å². The van der Waals surface area contributed by atoms with Gasteiger partial charge in [0.05, 0.1) is 19.4 Å². The fraction of sp³-hybridized carbons (Fsp3) is 0.300. The Bertz CT molecular complexity index is 939. The second-order valence-electron chi connectivity index (χ2n) is 6.64. The van der Waals surface area contributed by atoms with Crippen LogP contribution in [0.4, 0.5) is 0 Å². The van der Waals surface area contributed by atoms with Crippen molar-refractivity contribution in [1.82, 2.24) is 9.88 Å². The molecule has 0 fully saturated rings. The number of rotatable bonds is 5. The van der Waals surface area contributed by atoms with E-state index >= 15 is 0 Å². The highest BCUT2D eigenvalue weighted by molar-refractivity contribution is 5.80. The molecule has 5 nitrogen and oxygen atoms in total. The molecule has 0 bridgehead atoms. The molecule has 3 rings (SSSR count). The van der Waals surface area contributed by atoms with Gasteiger partial charge < -0.3 is 14.3 Å². The lowest BCUT2D eigenvalue weighted by atomic mass is 10.1. The maximum absolute atomic E-state index is 12.6. The number of aromatic amines is 1. The summed E-state index contributed by atoms with van der Waals surface area (Å²) in [7, 11) is 0. The summed E-state index contributed by atoms with van der Waals surface area (Å²) < 4.78 is 5.37. The number of fused-ring (bicyclic) bond motifs is 1. The van der Waals surface area contributed by atoms with Gasteiger partial charge in [0.1, 0.15) is 5.76 Å². The molecule has 5 heteroatoms. The van der Waals surface area contributed by atoms with E-state index in [-0.39, 0.29) is 23.9 Å². The van der Waals surface area contributed by atoms with E-state index < -0.39 is 0 Å². The van der Waals surface area contributed by atoms with Crippen molar-refractivity contribution in [3.63, 3.8) is 0 Å². The van der Waals surface area contributed by atoms with Crippen molar-refractivity contribution in [2.45, 2.75) is 33.9 Å². The SMILES string of the molecule is Cc1ccc2cc(CN(Cc3ccco3)C(=O)C(C)C)c(=O)[nH]c2c1. The van der Waals surface area contributed by atoms with Gasteiger partial charge in [0.25, 0.3) is 5.56 Å². The lowest BCUT2D eigenvalue weighted by Crippen LogP contribution is -2.35. The summed E-state index contributed by atoms with van der Waals surface area (Å²) in [6.07, 6.45) is 1.58. The first-order chi connectivity index (χ1) is 11.9. The third-order valence-corrected chi connectivity index (χ3v) is 4.17. The van der Waals surface area contributed by atoms with Gasteiger partial charge in [0, 0.05) is 17.0 Å². The van der Waals surface area contributed by atoms with Crippen LogP contribution in [0.5, 0.6) is 0 Å². The van der Waals surface area contributed by atoms with Crippen LogP contribution in [0, 0.1) is 12.8 Å². The molecular formula is C20H22N2O3. The summed E-state index contributed by atoms with van der Waals surface area (Å²) >= 11 is 0. The Morgan fingerprint density at radius 1 is 1.20 bits per heavy atom. The molecule has 3 aromatic rings. The van der Waals surface area contributed by atoms with E-state index in [2.05, 4.69) is 4.98 Å². The second-order valence-corrected chi connectivity index (χ2v) is 6.64. The molecule has 2 heterocycles. The van der Waals surface area contributed by atoms with E-state index in [4.69, 9.17) is 4.42 Å². The average Bonchev–Trinajstić information content (AvgIpc) is 3.07. The predicted octanol–water partition coefficient (Wildman–Crippen LogP) is 3.61. The zero-order chi connectivity index (χ0) is 18.0. The van der Waals surface area contributed by atoms with Crippen LogP contribution in [0.2, 0.25) is 0 Å². The maximum atomic E-state index is 12.6. The first kappa shape index (κ1) is 17.0. The molecule has 0 saturated carbocycles. The van der Waals surface area contributed by atoms with Crippen LogP contribution < -0.4 is 5.56 Å². The van der Waals surface area contributed by atoms with Crippen molar-refractivity contribution in [3.8, 4) is 0 Å². The summed E-state index contributed by atoms with van der Waals surface area (Å²) in [4.78, 5) is 29.6. The largest absolute Gasteiger partial charge is 0.467 e. The minimum absolute atomic E-state index is 0.0141. The number of nitrogens with zero attached hydrogens (tertiary/aromatic N) is 1. The zero-order valence-corrected chi connectivity index (χ0v) is 14.7. The van der Waals surface area contributed by atoms with E-state index in [0.717, 1.165) is 16.5 Å². The van der Waals surface area contributed by atoms with Crippen molar-refractivity contribution >= 4 is 16.8 Å². The number of furan rings is 1. The topological polar surface area (TPSA) is 66.3 Å². The van der Waals surface area contributed by atoms with Gasteiger partial charge in [-0.3, -0.25) is 9.59 Å². The molecule has 25 heavy (non-hydrogen) atoms. The number of carbonyl (C=O) groups is 1. The number of aromatic nitrogens is 1. The standard InChI is InChI=1S/C20H22N2O3/c1-13(2)20(24)22(12-17-5-4-8-25-17)11-16-10-15-7-6-14(3)9-18(15)21-19(16)23/h4-10,13H,11-12H2,1-3H3,(H,21,23). The molecule has 0 spiro atoms. The first-order valence-corrected chi connectivity index (χ1v) is 8.38. The zero-order valence-electron chi connectivity index (χ0n) is 14.7. The normalized spacial score (nSPS) is 11.2. The number of hydrogen-bond acceptors (Lipinski definition) is 3. The highest BCUT2D eigenvalue weighted by Crippen LogP contribution is 2.16. The molecule has 0 aliphatic heterocycles. The van der Waals surface area contributed by atoms with Crippen LogP contribution >= 0.6 is 0 Å². The van der Waals surface area contributed by atoms with Gasteiger partial charge in [-0.25, -0.2) is 0 Å². The highest BCUT2D eigenvalue weighted by atomic mass is 16.3. The van der Waals surface area contributed by atoms with Crippen LogP contribution in [0.1, 0.15) is 30.7 Å². The van der Waals surface area contributed by atoms with Crippen molar-refractivity contribution in [1.29, 1.82) is 0 Å². The Labute approximate surface area is 146 Å². The molecular weight excluding hydrogens is 316 g/mol. The minimum Gasteiger partial charge on any atom is -0.467 e. The molecule has 0 aliphatic carbocycles. The molecule has 0 saturated heterocycles. The van der Waals surface area contributed by atoms with Gasteiger partial charge in [0.15, 0.2) is 0 Å². The lowest BCUT2D eigenvalue weighted by molar-refractivity contribution is -0.136. The fourth-order valence-electron chi connectivity index (χ4n) is 2.85. The maximum Gasteiger partial charge on any atom is 0.253 e. The van der Waals surface area contributed by atoms with Crippen LogP contribution in [-0.4, -0.2) is 15.8 Å². The monoisotopic (exact) mass is 338 g/mol. The molecule has 1 aromatic carbocycles. The number of hydrogen-bond donors (Lipinski definition) is 1. The molecule has 2 aromatic heterocycles. The Morgan fingerprint density at radius 2 is 2.00 bits per heavy atom. The van der Waals surface area contributed by atoms with Crippen LogP contribution in [0.3, 0.4) is 0 Å². The number of pyridine rings is 1. The summed E-state index contributed by atoms with van der Waals surface area (Å²) in [6, 6.07) is 11.4. The molecule has 130 valence electrons. The van der Waals surface area contributed by atoms with Crippen molar-refractivity contribution in [2.24, 2.45) is 5.92 Å². The number of carbonyl (C=O) groups excluding carboxylic acids is 1. The first-order valence-electron chi connectivity index (χ1n) is 8.38. The summed E-state index contributed by atoms with van der Waals surface area (Å²) in [5.41, 5.74) is 2.29. The van der Waals surface area contributed by atoms with Gasteiger partial charge in [-0.2, -0.15) is 0 Å². The number of H-pyrrole nitrogens is 1. The number of nitrogens with one attached hydrogen (secondary N) is 1. The Hall–Kier alpha value is -2.82. The molecule has 1 N–H and O–H groups in total. The van der Waals surface area contributed by atoms with E-state index in [9.17, 15) is 9.59 Å². The van der Waals surface area contributed by atoms with Crippen molar-refractivity contribution in [2.75, 3.05) is 0 Å². The van der Waals surface area contributed by atoms with E-state index in [0.29, 0.717) is 17.9 Å². The van der Waals surface area contributed by atoms with Crippen molar-refractivity contribution in [3.05, 3.63) is 69.9 Å². The smallest absolute Gasteiger partial charge is 0.253 e. The Kier molecular flexibility index (Phi) is 4.74. The summed E-state index contributed by atoms with van der Waals surface area (Å²) in [5.74, 6) is 0.527. The molecule has 0 radical (unpaired) electrons. The van der Waals surface area contributed by atoms with Gasteiger partial charge >= 0.3 is 0 Å². The molecule has 0 unspecified atom stereocenters. The fourth-order valence-corrected chi connectivity index (χ4v) is 2.85. The third-order valence-electron chi connectivity index (χ3n) is 4.17. The van der Waals surface area contributed by atoms with Crippen molar-refractivity contribution < 1.29 is 9.21 Å². The lowest BCUT2D eigenvalue weighted by Gasteiger charge is -2.23. The summed E-state index contributed by atoms with van der Waals surface area (Å²) in [5, 5.41) is 0.954. The quantitative estimate of drug-likeness (QED) is 0.773. The highest BCUT2D eigenvalue weighted by Gasteiger charge is 2.20. The van der Waals surface area contributed by atoms with Gasteiger partial charge in [-0.15, -0.1) is 0 Å². The van der Waals surface area contributed by atoms with E-state index in [1.54, 1.807) is 17.2 Å². The number of aryl methyl sites for hydroxylation is 1. The predicted molar refractivity (Wildman–Crippen MR) is 97.1 cm³/mol. The van der Waals surface area contributed by atoms with E-state index in [1.807, 2.05) is 51.1 Å². The van der Waals surface area contributed by atoms with Gasteiger partial charge in [0.2, 0.25) is 5.91 Å². The Morgan fingerprint density at radius 3 is 2.68 bits per heavy atom. The minimum atomic E-state index is -0.167. The number of benzene rings is 1. The molecule has 0 aliphatic rings. The van der Waals surface area contributed by atoms with Gasteiger partial charge in [-0.1, -0.05) is 26.0 Å². The van der Waals surface area contributed by atoms with Gasteiger partial charge in [-0.05, 0) is 42.1 Å². The summed E-state index contributed by atoms with van der Waals surface area (Å²) in [6.45, 7) is 6.28. The third kappa shape index (κ3) is 3.82. The average molecular weight is 338 g/mol. The van der Waals surface area contributed by atoms with Crippen LogP contribution in [0.15, 0.2) is 51.9 Å². The second kappa shape index (κ2) is 6.97. The molecule has 0 atom stereocenters.